The van der Waals surface area contributed by atoms with E-state index in [2.05, 4.69) is 228 Å². The molecular formula is C63H55BN2. The number of fused-ring (bicyclic) bond motifs is 7. The average Bonchev–Trinajstić information content (AvgIpc) is 3.65. The molecule has 3 heteroatoms. The Morgan fingerprint density at radius 2 is 1.17 bits per heavy atom. The monoisotopic (exact) mass is 850 g/mol. The van der Waals surface area contributed by atoms with Gasteiger partial charge in [0.1, 0.15) is 0 Å². The van der Waals surface area contributed by atoms with E-state index in [-0.39, 0.29) is 10.8 Å². The van der Waals surface area contributed by atoms with Gasteiger partial charge in [-0.2, -0.15) is 0 Å². The second-order valence-electron chi connectivity index (χ2n) is 20.7. The minimum atomic E-state index is 0.102. The Balaban J connectivity index is 1.16. The Hall–Kier alpha value is -7.10. The van der Waals surface area contributed by atoms with Crippen LogP contribution in [0.5, 0.6) is 0 Å². The van der Waals surface area contributed by atoms with Gasteiger partial charge in [-0.25, -0.2) is 0 Å². The maximum atomic E-state index is 4.08. The van der Waals surface area contributed by atoms with Crippen LogP contribution in [0.25, 0.3) is 82.8 Å². The molecule has 320 valence electrons. The highest BCUT2D eigenvalue weighted by molar-refractivity contribution is 6.73. The highest BCUT2D eigenvalue weighted by Gasteiger charge is 2.37. The SMILES string of the molecule is Cc1cc(C)c(-c2cc(-c3c(Nc4ccc5c(c4)C(C)(C)CCC5(C)C)ccc4ccccc34)c3c(c2)-n2c4ccc(-c5ccccc5)cc4c4cc(-c5ccccc5)cc(c42)B3)c(C)c1. The highest BCUT2D eigenvalue weighted by atomic mass is 15.0. The van der Waals surface area contributed by atoms with Gasteiger partial charge in [-0.3, -0.25) is 0 Å². The molecule has 0 fully saturated rings. The van der Waals surface area contributed by atoms with Gasteiger partial charge in [0, 0.05) is 38.9 Å². The Labute approximate surface area is 390 Å². The Kier molecular flexibility index (Phi) is 9.17. The molecule has 2 aliphatic rings. The first-order valence-electron chi connectivity index (χ1n) is 23.8. The molecule has 2 nitrogen and oxygen atoms in total. The third-order valence-electron chi connectivity index (χ3n) is 15.3. The lowest BCUT2D eigenvalue weighted by molar-refractivity contribution is 0.332. The van der Waals surface area contributed by atoms with Gasteiger partial charge in [-0.1, -0.05) is 160 Å². The second-order valence-corrected chi connectivity index (χ2v) is 20.7. The standard InChI is InChI=1S/C63H55BN2/c1-38-30-39(2)58(40(3)31-38)46-34-51(59-48-21-15-14-20-43(48)22-26-55(59)65-47-24-25-52-53(37-47)63(6,7)29-28-62(52,4)5)60-57(36-46)66-56-27-23-44(41-16-10-8-11-17-41)32-49(56)50-33-45(35-54(64-60)61(50)66)42-18-12-9-13-19-42/h8-27,30-37,64-65H,28-29H2,1-7H3. The molecule has 1 aromatic heterocycles. The van der Waals surface area contributed by atoms with Crippen LogP contribution in [0, 0.1) is 20.8 Å². The highest BCUT2D eigenvalue weighted by Crippen LogP contribution is 2.48. The van der Waals surface area contributed by atoms with E-state index in [1.807, 2.05) is 0 Å². The zero-order valence-electron chi connectivity index (χ0n) is 39.2. The average molecular weight is 851 g/mol. The van der Waals surface area contributed by atoms with E-state index in [0.29, 0.717) is 0 Å². The van der Waals surface area contributed by atoms with Crippen LogP contribution in [0.15, 0.2) is 170 Å². The van der Waals surface area contributed by atoms with Crippen LogP contribution in [-0.2, 0) is 10.8 Å². The van der Waals surface area contributed by atoms with Gasteiger partial charge in [0.05, 0.1) is 5.52 Å². The third-order valence-corrected chi connectivity index (χ3v) is 15.3. The molecule has 0 saturated heterocycles. The summed E-state index contributed by atoms with van der Waals surface area (Å²) in [5.41, 5.74) is 25.8. The molecule has 0 unspecified atom stereocenters. The second kappa shape index (κ2) is 15.0. The van der Waals surface area contributed by atoms with Crippen LogP contribution in [0.4, 0.5) is 11.4 Å². The Morgan fingerprint density at radius 3 is 1.91 bits per heavy atom. The number of hydrogen-bond donors (Lipinski definition) is 1. The summed E-state index contributed by atoms with van der Waals surface area (Å²) in [6.45, 7) is 16.4. The summed E-state index contributed by atoms with van der Waals surface area (Å²) >= 11 is 0. The molecule has 0 bridgehead atoms. The summed E-state index contributed by atoms with van der Waals surface area (Å²) in [6, 6.07) is 64.3. The molecule has 1 aliphatic carbocycles. The molecule has 0 atom stereocenters. The maximum Gasteiger partial charge on any atom is 0.198 e. The normalized spacial score (nSPS) is 14.5. The van der Waals surface area contributed by atoms with E-state index in [4.69, 9.17) is 0 Å². The number of hydrogen-bond acceptors (Lipinski definition) is 1. The van der Waals surface area contributed by atoms with E-state index in [1.54, 1.807) is 0 Å². The van der Waals surface area contributed by atoms with E-state index in [9.17, 15) is 0 Å². The Morgan fingerprint density at radius 1 is 0.500 bits per heavy atom. The van der Waals surface area contributed by atoms with Gasteiger partial charge < -0.3 is 9.88 Å². The van der Waals surface area contributed by atoms with Crippen molar-refractivity contribution < 1.29 is 0 Å². The molecule has 12 rings (SSSR count). The number of benzene rings is 9. The fourth-order valence-corrected chi connectivity index (χ4v) is 11.9. The van der Waals surface area contributed by atoms with Crippen LogP contribution < -0.4 is 16.2 Å². The molecule has 0 radical (unpaired) electrons. The molecular weight excluding hydrogens is 796 g/mol. The zero-order valence-corrected chi connectivity index (χ0v) is 39.2. The van der Waals surface area contributed by atoms with Crippen molar-refractivity contribution in [3.8, 4) is 50.2 Å². The van der Waals surface area contributed by atoms with Gasteiger partial charge in [-0.15, -0.1) is 0 Å². The predicted molar refractivity (Wildman–Crippen MR) is 286 cm³/mol. The van der Waals surface area contributed by atoms with Crippen molar-refractivity contribution in [3.63, 3.8) is 0 Å². The molecule has 9 aromatic carbocycles. The predicted octanol–water partition coefficient (Wildman–Crippen LogP) is 15.3. The topological polar surface area (TPSA) is 17.0 Å². The minimum absolute atomic E-state index is 0.102. The van der Waals surface area contributed by atoms with E-state index in [0.717, 1.165) is 18.7 Å². The number of nitrogens with one attached hydrogen (secondary N) is 1. The molecule has 0 spiro atoms. The number of aromatic nitrogens is 1. The minimum Gasteiger partial charge on any atom is -0.355 e. The summed E-state index contributed by atoms with van der Waals surface area (Å²) in [4.78, 5) is 0. The van der Waals surface area contributed by atoms with Crippen molar-refractivity contribution in [3.05, 3.63) is 198 Å². The third kappa shape index (κ3) is 6.46. The largest absolute Gasteiger partial charge is 0.355 e. The number of rotatable bonds is 6. The molecule has 1 aliphatic heterocycles. The summed E-state index contributed by atoms with van der Waals surface area (Å²) in [7, 11) is 0.806. The summed E-state index contributed by atoms with van der Waals surface area (Å²) in [5, 5.41) is 9.14. The van der Waals surface area contributed by atoms with Crippen LogP contribution in [-0.4, -0.2) is 11.8 Å². The fraction of sp³-hybridized carbons (Fsp3) is 0.175. The zero-order chi connectivity index (χ0) is 45.1. The van der Waals surface area contributed by atoms with E-state index >= 15 is 0 Å². The first-order valence-corrected chi connectivity index (χ1v) is 23.8. The van der Waals surface area contributed by atoms with Gasteiger partial charge in [-0.05, 0) is 170 Å². The first-order chi connectivity index (χ1) is 31.9. The van der Waals surface area contributed by atoms with Gasteiger partial charge in [0.25, 0.3) is 0 Å². The summed E-state index contributed by atoms with van der Waals surface area (Å²) in [6.07, 6.45) is 2.37. The van der Waals surface area contributed by atoms with Gasteiger partial charge >= 0.3 is 0 Å². The smallest absolute Gasteiger partial charge is 0.198 e. The fourth-order valence-electron chi connectivity index (χ4n) is 11.9. The molecule has 0 amide bonds. The van der Waals surface area contributed by atoms with Crippen molar-refractivity contribution in [2.24, 2.45) is 0 Å². The first kappa shape index (κ1) is 40.4. The number of aryl methyl sites for hydroxylation is 3. The van der Waals surface area contributed by atoms with Crippen molar-refractivity contribution in [1.82, 2.24) is 4.57 Å². The van der Waals surface area contributed by atoms with Crippen molar-refractivity contribution >= 4 is 62.2 Å². The molecule has 2 heterocycles. The van der Waals surface area contributed by atoms with E-state index < -0.39 is 0 Å². The molecule has 0 saturated carbocycles. The summed E-state index contributed by atoms with van der Waals surface area (Å²) in [5.74, 6) is 0. The lowest BCUT2D eigenvalue weighted by Crippen LogP contribution is -2.37. The molecule has 66 heavy (non-hydrogen) atoms. The maximum absolute atomic E-state index is 4.08. The quantitative estimate of drug-likeness (QED) is 0.165. The molecule has 1 N–H and O–H groups in total. The summed E-state index contributed by atoms with van der Waals surface area (Å²) < 4.78 is 2.61. The van der Waals surface area contributed by atoms with Crippen LogP contribution in [0.3, 0.4) is 0 Å². The van der Waals surface area contributed by atoms with Crippen molar-refractivity contribution in [1.29, 1.82) is 0 Å². The van der Waals surface area contributed by atoms with Gasteiger partial charge in [0.2, 0.25) is 0 Å². The van der Waals surface area contributed by atoms with Crippen LogP contribution in [0.2, 0.25) is 0 Å². The number of nitrogens with zero attached hydrogens (tertiary/aromatic N) is 1. The number of anilines is 2. The van der Waals surface area contributed by atoms with Crippen molar-refractivity contribution in [2.45, 2.75) is 72.1 Å². The van der Waals surface area contributed by atoms with Crippen LogP contribution >= 0.6 is 0 Å². The van der Waals surface area contributed by atoms with Crippen LogP contribution in [0.1, 0.15) is 68.4 Å². The lowest BCUT2D eigenvalue weighted by Gasteiger charge is -2.42. The lowest BCUT2D eigenvalue weighted by atomic mass is 9.58. The van der Waals surface area contributed by atoms with E-state index in [1.165, 1.54) is 134 Å². The van der Waals surface area contributed by atoms with Crippen molar-refractivity contribution in [2.75, 3.05) is 5.32 Å². The molecule has 10 aromatic rings. The Bertz CT molecular complexity index is 3590. The van der Waals surface area contributed by atoms with Gasteiger partial charge in [0.15, 0.2) is 7.28 Å².